The Morgan fingerprint density at radius 3 is 1.49 bits per heavy atom. The summed E-state index contributed by atoms with van der Waals surface area (Å²) in [7, 11) is -1.46. The summed E-state index contributed by atoms with van der Waals surface area (Å²) in [4.78, 5) is 4.85. The molecule has 0 aliphatic heterocycles. The lowest BCUT2D eigenvalue weighted by Gasteiger charge is -2.29. The zero-order valence-corrected chi connectivity index (χ0v) is 33.1. The second-order valence-corrected chi connectivity index (χ2v) is 20.5. The number of unbranched alkanes of at least 4 members (excludes halogenated alkanes) is 1. The standard InChI is InChI=1S/C52H48N2Si/c1-5-6-7-17-39-18-12-25-45(36-39)54(52-31-16-22-41-20-9-11-29-50(41)52)47-27-14-24-43(38-47)42-23-13-26-46(37-42)53(44-32-34-48(35-33-44)55(2,3)4)51-30-15-21-40-19-8-10-28-49(40)51/h5,8-16,18-38H,1,6-7,17H2,2-4H3. The molecule has 8 aromatic rings. The molecular weight excluding hydrogens is 681 g/mol. The van der Waals surface area contributed by atoms with Gasteiger partial charge in [-0.15, -0.1) is 6.58 Å². The maximum Gasteiger partial charge on any atom is 0.0775 e. The lowest BCUT2D eigenvalue weighted by molar-refractivity contribution is 0.844. The van der Waals surface area contributed by atoms with Crippen molar-refractivity contribution in [2.75, 3.05) is 9.80 Å². The molecule has 270 valence electrons. The molecular formula is C52H48N2Si. The second kappa shape index (κ2) is 15.7. The van der Waals surface area contributed by atoms with Crippen LogP contribution in [0.25, 0.3) is 32.7 Å². The molecule has 55 heavy (non-hydrogen) atoms. The molecule has 0 spiro atoms. The largest absolute Gasteiger partial charge is 0.310 e. The molecule has 2 nitrogen and oxygen atoms in total. The molecule has 0 heterocycles. The van der Waals surface area contributed by atoms with Crippen LogP contribution in [0.3, 0.4) is 0 Å². The van der Waals surface area contributed by atoms with Gasteiger partial charge in [0.1, 0.15) is 0 Å². The first-order chi connectivity index (χ1) is 26.9. The molecule has 0 saturated heterocycles. The second-order valence-electron chi connectivity index (χ2n) is 15.4. The Morgan fingerprint density at radius 2 is 0.945 bits per heavy atom. The van der Waals surface area contributed by atoms with E-state index in [-0.39, 0.29) is 0 Å². The summed E-state index contributed by atoms with van der Waals surface area (Å²) in [5.74, 6) is 0. The number of hydrogen-bond donors (Lipinski definition) is 0. The summed E-state index contributed by atoms with van der Waals surface area (Å²) < 4.78 is 0. The van der Waals surface area contributed by atoms with Crippen molar-refractivity contribution in [3.8, 4) is 11.1 Å². The predicted octanol–water partition coefficient (Wildman–Crippen LogP) is 14.7. The van der Waals surface area contributed by atoms with Crippen molar-refractivity contribution < 1.29 is 0 Å². The van der Waals surface area contributed by atoms with Crippen LogP contribution in [0.15, 0.2) is 195 Å². The maximum absolute atomic E-state index is 3.94. The Labute approximate surface area is 327 Å². The topological polar surface area (TPSA) is 6.48 Å². The lowest BCUT2D eigenvalue weighted by atomic mass is 10.0. The minimum atomic E-state index is -1.46. The summed E-state index contributed by atoms with van der Waals surface area (Å²) in [6.45, 7) is 11.2. The SMILES string of the molecule is C=CCCCc1cccc(N(c2cccc(-c3cccc(N(c4ccc([Si](C)(C)C)cc4)c4cccc5ccccc45)c3)c2)c2cccc3ccccc23)c1. The summed E-state index contributed by atoms with van der Waals surface area (Å²) in [5.41, 5.74) is 10.5. The molecule has 0 unspecified atom stereocenters. The van der Waals surface area contributed by atoms with Gasteiger partial charge < -0.3 is 9.80 Å². The van der Waals surface area contributed by atoms with Crippen molar-refractivity contribution in [1.82, 2.24) is 0 Å². The summed E-state index contributed by atoms with van der Waals surface area (Å²) in [6.07, 6.45) is 5.13. The monoisotopic (exact) mass is 728 g/mol. The van der Waals surface area contributed by atoms with Crippen LogP contribution in [0.1, 0.15) is 18.4 Å². The van der Waals surface area contributed by atoms with E-state index >= 15 is 0 Å². The molecule has 0 atom stereocenters. The first-order valence-electron chi connectivity index (χ1n) is 19.4. The smallest absolute Gasteiger partial charge is 0.0775 e. The highest BCUT2D eigenvalue weighted by Crippen LogP contribution is 2.43. The molecule has 3 heteroatoms. The third-order valence-electron chi connectivity index (χ3n) is 10.6. The summed E-state index contributed by atoms with van der Waals surface area (Å²) in [5, 5.41) is 6.36. The average molecular weight is 729 g/mol. The van der Waals surface area contributed by atoms with Crippen molar-refractivity contribution in [3.63, 3.8) is 0 Å². The van der Waals surface area contributed by atoms with E-state index in [0.717, 1.165) is 47.7 Å². The van der Waals surface area contributed by atoms with Gasteiger partial charge in [0.15, 0.2) is 0 Å². The lowest BCUT2D eigenvalue weighted by Crippen LogP contribution is -2.37. The van der Waals surface area contributed by atoms with Crippen LogP contribution in [0.5, 0.6) is 0 Å². The number of benzene rings is 8. The van der Waals surface area contributed by atoms with Gasteiger partial charge in [-0.25, -0.2) is 0 Å². The number of nitrogens with zero attached hydrogens (tertiary/aromatic N) is 2. The van der Waals surface area contributed by atoms with Crippen molar-refractivity contribution in [2.24, 2.45) is 0 Å². The van der Waals surface area contributed by atoms with Gasteiger partial charge in [0.2, 0.25) is 0 Å². The third kappa shape index (κ3) is 7.62. The van der Waals surface area contributed by atoms with E-state index in [0.29, 0.717) is 0 Å². The number of fused-ring (bicyclic) bond motifs is 2. The van der Waals surface area contributed by atoms with Crippen LogP contribution in [0.2, 0.25) is 19.6 Å². The first kappa shape index (κ1) is 35.8. The molecule has 0 fully saturated rings. The van der Waals surface area contributed by atoms with Gasteiger partial charge in [0.05, 0.1) is 19.4 Å². The van der Waals surface area contributed by atoms with Crippen LogP contribution >= 0.6 is 0 Å². The fourth-order valence-electron chi connectivity index (χ4n) is 7.72. The molecule has 0 saturated carbocycles. The predicted molar refractivity (Wildman–Crippen MR) is 242 cm³/mol. The van der Waals surface area contributed by atoms with Crippen LogP contribution in [-0.2, 0) is 6.42 Å². The number of allylic oxidation sites excluding steroid dienone is 1. The van der Waals surface area contributed by atoms with Crippen molar-refractivity contribution in [2.45, 2.75) is 38.9 Å². The van der Waals surface area contributed by atoms with E-state index < -0.39 is 8.07 Å². The average Bonchev–Trinajstić information content (AvgIpc) is 3.22. The highest BCUT2D eigenvalue weighted by molar-refractivity contribution is 6.88. The van der Waals surface area contributed by atoms with E-state index in [1.54, 1.807) is 0 Å². The fourth-order valence-corrected chi connectivity index (χ4v) is 8.89. The van der Waals surface area contributed by atoms with Gasteiger partial charge in [-0.2, -0.15) is 0 Å². The van der Waals surface area contributed by atoms with Gasteiger partial charge in [-0.3, -0.25) is 0 Å². The minimum absolute atomic E-state index is 1.01. The normalized spacial score (nSPS) is 11.5. The molecule has 0 aliphatic rings. The zero-order chi connectivity index (χ0) is 37.8. The molecule has 8 aromatic carbocycles. The van der Waals surface area contributed by atoms with Crippen LogP contribution in [-0.4, -0.2) is 8.07 Å². The molecule has 0 bridgehead atoms. The Bertz CT molecular complexity index is 2590. The molecule has 0 N–H and O–H groups in total. The van der Waals surface area contributed by atoms with Gasteiger partial charge in [0.25, 0.3) is 0 Å². The number of rotatable bonds is 12. The molecule has 0 aliphatic carbocycles. The molecule has 0 amide bonds. The van der Waals surface area contributed by atoms with Crippen LogP contribution < -0.4 is 15.0 Å². The molecule has 8 rings (SSSR count). The Morgan fingerprint density at radius 1 is 0.473 bits per heavy atom. The first-order valence-corrected chi connectivity index (χ1v) is 22.9. The summed E-state index contributed by atoms with van der Waals surface area (Å²) in [6, 6.07) is 66.9. The number of anilines is 6. The van der Waals surface area contributed by atoms with E-state index in [1.807, 2.05) is 6.08 Å². The molecule has 0 radical (unpaired) electrons. The van der Waals surface area contributed by atoms with E-state index in [4.69, 9.17) is 0 Å². The zero-order valence-electron chi connectivity index (χ0n) is 32.1. The van der Waals surface area contributed by atoms with Gasteiger partial charge in [-0.1, -0.05) is 152 Å². The Balaban J connectivity index is 1.25. The van der Waals surface area contributed by atoms with Gasteiger partial charge in [-0.05, 0) is 107 Å². The van der Waals surface area contributed by atoms with Crippen molar-refractivity contribution >= 4 is 68.9 Å². The van der Waals surface area contributed by atoms with Gasteiger partial charge in [0, 0.05) is 33.5 Å². The summed E-state index contributed by atoms with van der Waals surface area (Å²) >= 11 is 0. The van der Waals surface area contributed by atoms with Crippen LogP contribution in [0, 0.1) is 0 Å². The molecule has 0 aromatic heterocycles. The third-order valence-corrected chi connectivity index (χ3v) is 12.7. The Hall–Kier alpha value is -6.16. The van der Waals surface area contributed by atoms with E-state index in [2.05, 4.69) is 218 Å². The Kier molecular flexibility index (Phi) is 10.2. The quantitative estimate of drug-likeness (QED) is 0.0702. The van der Waals surface area contributed by atoms with Crippen molar-refractivity contribution in [1.29, 1.82) is 0 Å². The van der Waals surface area contributed by atoms with Crippen LogP contribution in [0.4, 0.5) is 34.1 Å². The highest BCUT2D eigenvalue weighted by Gasteiger charge is 2.21. The van der Waals surface area contributed by atoms with Crippen molar-refractivity contribution in [3.05, 3.63) is 200 Å². The minimum Gasteiger partial charge on any atom is -0.310 e. The maximum atomic E-state index is 3.94. The number of aryl methyl sites for hydroxylation is 1. The van der Waals surface area contributed by atoms with E-state index in [9.17, 15) is 0 Å². The van der Waals surface area contributed by atoms with E-state index in [1.165, 1.54) is 49.1 Å². The number of hydrogen-bond acceptors (Lipinski definition) is 2. The van der Waals surface area contributed by atoms with Gasteiger partial charge >= 0.3 is 0 Å². The highest BCUT2D eigenvalue weighted by atomic mass is 28.3. The fraction of sp³-hybridized carbons (Fsp3) is 0.115.